The van der Waals surface area contributed by atoms with Crippen LogP contribution in [0.15, 0.2) is 23.1 Å². The first-order valence-electron chi connectivity index (χ1n) is 9.28. The van der Waals surface area contributed by atoms with Crippen LogP contribution in [0.2, 0.25) is 0 Å². The number of nitrogens with zero attached hydrogens (tertiary/aromatic N) is 2. The molecule has 0 aromatic heterocycles. The molecule has 0 spiro atoms. The number of hydrogen-bond donors (Lipinski definition) is 1. The topological polar surface area (TPSA) is 78.9 Å². The number of nitrogens with one attached hydrogen (secondary N) is 1. The van der Waals surface area contributed by atoms with E-state index in [1.807, 2.05) is 20.9 Å². The van der Waals surface area contributed by atoms with Crippen LogP contribution in [-0.4, -0.2) is 70.5 Å². The maximum absolute atomic E-state index is 13.0. The van der Waals surface area contributed by atoms with E-state index in [4.69, 9.17) is 4.74 Å². The summed E-state index contributed by atoms with van der Waals surface area (Å²) < 4.78 is 33.6. The van der Waals surface area contributed by atoms with Crippen LogP contribution in [0.1, 0.15) is 25.8 Å². The molecule has 0 aliphatic carbocycles. The lowest BCUT2D eigenvalue weighted by molar-refractivity contribution is -0.135. The second kappa shape index (κ2) is 9.03. The van der Waals surface area contributed by atoms with Crippen LogP contribution in [-0.2, 0) is 14.8 Å². The zero-order chi connectivity index (χ0) is 20.2. The number of benzene rings is 1. The molecule has 0 saturated carbocycles. The molecule has 2 rings (SSSR count). The summed E-state index contributed by atoms with van der Waals surface area (Å²) in [6.45, 7) is 8.58. The third-order valence-corrected chi connectivity index (χ3v) is 6.26. The lowest BCUT2D eigenvalue weighted by atomic mass is 10.0. The zero-order valence-corrected chi connectivity index (χ0v) is 17.7. The van der Waals surface area contributed by atoms with Crippen molar-refractivity contribution in [3.8, 4) is 5.75 Å². The van der Waals surface area contributed by atoms with E-state index in [2.05, 4.69) is 9.62 Å². The van der Waals surface area contributed by atoms with Crippen molar-refractivity contribution in [3.05, 3.63) is 23.8 Å². The van der Waals surface area contributed by atoms with Gasteiger partial charge < -0.3 is 14.5 Å². The predicted molar refractivity (Wildman–Crippen MR) is 105 cm³/mol. The van der Waals surface area contributed by atoms with E-state index in [0.29, 0.717) is 25.3 Å². The van der Waals surface area contributed by atoms with Gasteiger partial charge in [0.25, 0.3) is 0 Å². The number of piperazine rings is 1. The van der Waals surface area contributed by atoms with Gasteiger partial charge >= 0.3 is 0 Å². The van der Waals surface area contributed by atoms with Crippen molar-refractivity contribution in [1.82, 2.24) is 14.5 Å². The molecule has 8 heteroatoms. The Bertz CT molecular complexity index is 756. The first kappa shape index (κ1) is 21.7. The minimum atomic E-state index is -3.81. The number of likely N-dealkylation sites (N-methyl/N-ethyl adjacent to an activating group) is 1. The van der Waals surface area contributed by atoms with Gasteiger partial charge in [0.2, 0.25) is 15.9 Å². The van der Waals surface area contributed by atoms with Crippen molar-refractivity contribution >= 4 is 15.9 Å². The fraction of sp³-hybridized carbons (Fsp3) is 0.632. The molecule has 1 saturated heterocycles. The largest absolute Gasteiger partial charge is 0.496 e. The fourth-order valence-corrected chi connectivity index (χ4v) is 4.48. The zero-order valence-electron chi connectivity index (χ0n) is 16.9. The highest BCUT2D eigenvalue weighted by atomic mass is 32.2. The van der Waals surface area contributed by atoms with Crippen molar-refractivity contribution in [2.45, 2.75) is 38.1 Å². The van der Waals surface area contributed by atoms with Crippen molar-refractivity contribution in [1.29, 1.82) is 0 Å². The van der Waals surface area contributed by atoms with Gasteiger partial charge in [0, 0.05) is 26.2 Å². The first-order valence-corrected chi connectivity index (χ1v) is 10.8. The average Bonchev–Trinajstić information content (AvgIpc) is 2.60. The van der Waals surface area contributed by atoms with Gasteiger partial charge in [0.15, 0.2) is 0 Å². The van der Waals surface area contributed by atoms with Gasteiger partial charge in [-0.15, -0.1) is 0 Å². The summed E-state index contributed by atoms with van der Waals surface area (Å²) >= 11 is 0. The molecule has 7 nitrogen and oxygen atoms in total. The molecule has 1 aromatic rings. The van der Waals surface area contributed by atoms with Crippen molar-refractivity contribution in [3.63, 3.8) is 0 Å². The molecular weight excluding hydrogens is 366 g/mol. The normalized spacial score (nSPS) is 17.2. The molecule has 0 bridgehead atoms. The van der Waals surface area contributed by atoms with Crippen LogP contribution in [0, 0.1) is 12.8 Å². The summed E-state index contributed by atoms with van der Waals surface area (Å²) in [5.74, 6) is 0.665. The van der Waals surface area contributed by atoms with Gasteiger partial charge in [-0.3, -0.25) is 4.79 Å². The van der Waals surface area contributed by atoms with Gasteiger partial charge in [0.1, 0.15) is 11.8 Å². The summed E-state index contributed by atoms with van der Waals surface area (Å²) in [7, 11) is -0.251. The summed E-state index contributed by atoms with van der Waals surface area (Å²) in [6, 6.07) is 3.93. The van der Waals surface area contributed by atoms with E-state index in [1.165, 1.54) is 6.07 Å². The second-order valence-corrected chi connectivity index (χ2v) is 9.28. The number of amides is 1. The maximum Gasteiger partial charge on any atom is 0.241 e. The van der Waals surface area contributed by atoms with E-state index in [-0.39, 0.29) is 16.7 Å². The van der Waals surface area contributed by atoms with E-state index < -0.39 is 16.1 Å². The van der Waals surface area contributed by atoms with Crippen molar-refractivity contribution < 1.29 is 17.9 Å². The first-order chi connectivity index (χ1) is 12.6. The van der Waals surface area contributed by atoms with Gasteiger partial charge in [-0.1, -0.05) is 13.8 Å². The molecule has 1 atom stereocenters. The maximum atomic E-state index is 13.0. The standard InChI is InChI=1S/C19H31N3O4S/c1-14(2)12-17(19(23)22-10-8-21(4)9-11-22)20-27(24,25)16-6-7-18(26-5)15(3)13-16/h6-7,13-14,17,20H,8-12H2,1-5H3/t17-/m0/s1. The molecule has 0 radical (unpaired) electrons. The Kier molecular flexibility index (Phi) is 7.25. The second-order valence-electron chi connectivity index (χ2n) is 7.56. The van der Waals surface area contributed by atoms with Crippen LogP contribution in [0.3, 0.4) is 0 Å². The van der Waals surface area contributed by atoms with Gasteiger partial charge in [-0.25, -0.2) is 8.42 Å². The molecule has 1 N–H and O–H groups in total. The lowest BCUT2D eigenvalue weighted by Gasteiger charge is -2.35. The molecule has 1 fully saturated rings. The number of ether oxygens (including phenoxy) is 1. The number of carbonyl (C=O) groups excluding carboxylic acids is 1. The van der Waals surface area contributed by atoms with E-state index in [0.717, 1.165) is 18.7 Å². The highest BCUT2D eigenvalue weighted by Gasteiger charge is 2.31. The highest BCUT2D eigenvalue weighted by molar-refractivity contribution is 7.89. The summed E-state index contributed by atoms with van der Waals surface area (Å²) in [5.41, 5.74) is 0.728. The minimum Gasteiger partial charge on any atom is -0.496 e. The van der Waals surface area contributed by atoms with Crippen LogP contribution in [0.25, 0.3) is 0 Å². The van der Waals surface area contributed by atoms with Crippen LogP contribution >= 0.6 is 0 Å². The minimum absolute atomic E-state index is 0.140. The lowest BCUT2D eigenvalue weighted by Crippen LogP contribution is -2.54. The number of methoxy groups -OCH3 is 1. The Morgan fingerprint density at radius 3 is 2.37 bits per heavy atom. The number of carbonyl (C=O) groups is 1. The number of sulfonamides is 1. The van der Waals surface area contributed by atoms with E-state index in [1.54, 1.807) is 31.1 Å². The Balaban J connectivity index is 2.21. The third kappa shape index (κ3) is 5.67. The molecule has 1 aromatic carbocycles. The number of aryl methyl sites for hydroxylation is 1. The van der Waals surface area contributed by atoms with Gasteiger partial charge in [-0.05, 0) is 50.1 Å². The van der Waals surface area contributed by atoms with Gasteiger partial charge in [0.05, 0.1) is 12.0 Å². The molecular formula is C19H31N3O4S. The smallest absolute Gasteiger partial charge is 0.241 e. The molecule has 1 amide bonds. The highest BCUT2D eigenvalue weighted by Crippen LogP contribution is 2.22. The van der Waals surface area contributed by atoms with Gasteiger partial charge in [-0.2, -0.15) is 4.72 Å². The van der Waals surface area contributed by atoms with Crippen LogP contribution in [0.5, 0.6) is 5.75 Å². The van der Waals surface area contributed by atoms with Crippen molar-refractivity contribution in [2.75, 3.05) is 40.3 Å². The molecule has 1 heterocycles. The Morgan fingerprint density at radius 1 is 1.22 bits per heavy atom. The number of rotatable bonds is 7. The quantitative estimate of drug-likeness (QED) is 0.754. The average molecular weight is 398 g/mol. The Morgan fingerprint density at radius 2 is 1.85 bits per heavy atom. The Labute approximate surface area is 162 Å². The monoisotopic (exact) mass is 397 g/mol. The molecule has 1 aliphatic heterocycles. The molecule has 27 heavy (non-hydrogen) atoms. The molecule has 152 valence electrons. The number of hydrogen-bond acceptors (Lipinski definition) is 5. The van der Waals surface area contributed by atoms with E-state index >= 15 is 0 Å². The van der Waals surface area contributed by atoms with Crippen molar-refractivity contribution in [2.24, 2.45) is 5.92 Å². The van der Waals surface area contributed by atoms with Crippen LogP contribution in [0.4, 0.5) is 0 Å². The molecule has 1 aliphatic rings. The predicted octanol–water partition coefficient (Wildman–Crippen LogP) is 1.47. The summed E-state index contributed by atoms with van der Waals surface area (Å²) in [6.07, 6.45) is 0.458. The molecule has 0 unspecified atom stereocenters. The van der Waals surface area contributed by atoms with Crippen LogP contribution < -0.4 is 9.46 Å². The summed E-state index contributed by atoms with van der Waals surface area (Å²) in [5, 5.41) is 0. The Hall–Kier alpha value is -1.64. The fourth-order valence-electron chi connectivity index (χ4n) is 3.19. The summed E-state index contributed by atoms with van der Waals surface area (Å²) in [4.78, 5) is 17.0. The SMILES string of the molecule is COc1ccc(S(=O)(=O)N[C@@H](CC(C)C)C(=O)N2CCN(C)CC2)cc1C. The van der Waals surface area contributed by atoms with E-state index in [9.17, 15) is 13.2 Å². The third-order valence-electron chi connectivity index (χ3n) is 4.79.